The molecule has 0 aromatic rings. The molecule has 1 saturated heterocycles. The summed E-state index contributed by atoms with van der Waals surface area (Å²) >= 11 is 0. The lowest BCUT2D eigenvalue weighted by Gasteiger charge is -2.17. The summed E-state index contributed by atoms with van der Waals surface area (Å²) in [6.07, 6.45) is -1.77. The van der Waals surface area contributed by atoms with E-state index in [1.807, 2.05) is 0 Å². The first kappa shape index (κ1) is 11.9. The van der Waals surface area contributed by atoms with Gasteiger partial charge in [0.1, 0.15) is 12.7 Å². The van der Waals surface area contributed by atoms with E-state index in [2.05, 4.69) is 4.89 Å². The smallest absolute Gasteiger partial charge is 0.377 e. The number of carboxylic acids is 2. The molecule has 2 unspecified atom stereocenters. The summed E-state index contributed by atoms with van der Waals surface area (Å²) in [4.78, 5) is 25.2. The first-order valence-corrected chi connectivity index (χ1v) is 4.03. The number of hydrogen-bond donors (Lipinski definition) is 3. The Hall–Kier alpha value is -1.22. The average Bonchev–Trinajstić information content (AvgIpc) is 2.46. The van der Waals surface area contributed by atoms with Crippen LogP contribution in [0, 0.1) is 0 Å². The van der Waals surface area contributed by atoms with Crippen molar-refractivity contribution < 1.29 is 39.4 Å². The van der Waals surface area contributed by atoms with Gasteiger partial charge in [-0.2, -0.15) is 0 Å². The van der Waals surface area contributed by atoms with E-state index in [1.54, 1.807) is 0 Å². The zero-order valence-electron chi connectivity index (χ0n) is 7.74. The van der Waals surface area contributed by atoms with Crippen molar-refractivity contribution in [1.29, 1.82) is 0 Å². The molecule has 1 fully saturated rings. The van der Waals surface area contributed by atoms with Crippen LogP contribution in [0.4, 0.5) is 0 Å². The van der Waals surface area contributed by atoms with Crippen LogP contribution >= 0.6 is 0 Å². The minimum atomic E-state index is -2.72. The summed E-state index contributed by atoms with van der Waals surface area (Å²) in [6.45, 7) is 1.04. The van der Waals surface area contributed by atoms with Gasteiger partial charge in [-0.25, -0.2) is 14.5 Å². The van der Waals surface area contributed by atoms with Gasteiger partial charge in [-0.05, 0) is 6.92 Å². The second kappa shape index (κ2) is 4.11. The van der Waals surface area contributed by atoms with Crippen LogP contribution in [0.25, 0.3) is 0 Å². The van der Waals surface area contributed by atoms with Gasteiger partial charge in [0.25, 0.3) is 0 Å². The van der Waals surface area contributed by atoms with E-state index in [1.165, 1.54) is 6.92 Å². The van der Waals surface area contributed by atoms with Crippen molar-refractivity contribution in [3.63, 3.8) is 0 Å². The van der Waals surface area contributed by atoms with Crippen molar-refractivity contribution in [3.05, 3.63) is 0 Å². The Morgan fingerprint density at radius 3 is 2.20 bits per heavy atom. The van der Waals surface area contributed by atoms with Crippen molar-refractivity contribution in [2.75, 3.05) is 6.61 Å². The van der Waals surface area contributed by atoms with Gasteiger partial charge in [0.05, 0.1) is 6.10 Å². The van der Waals surface area contributed by atoms with E-state index in [-0.39, 0.29) is 6.61 Å². The van der Waals surface area contributed by atoms with Gasteiger partial charge in [-0.3, -0.25) is 5.26 Å². The Morgan fingerprint density at radius 1 is 1.33 bits per heavy atom. The quantitative estimate of drug-likeness (QED) is 0.319. The molecular weight excluding hydrogens is 212 g/mol. The van der Waals surface area contributed by atoms with Gasteiger partial charge in [0.2, 0.25) is 0 Å². The predicted octanol–water partition coefficient (Wildman–Crippen LogP) is -0.855. The largest absolute Gasteiger partial charge is 0.477 e. The summed E-state index contributed by atoms with van der Waals surface area (Å²) in [5, 5.41) is 25.6. The monoisotopic (exact) mass is 222 g/mol. The number of carboxylic acid groups (broad SMARTS) is 2. The van der Waals surface area contributed by atoms with Crippen molar-refractivity contribution in [2.45, 2.75) is 24.9 Å². The lowest BCUT2D eigenvalue weighted by molar-refractivity contribution is -0.264. The fraction of sp³-hybridized carbons (Fsp3) is 0.714. The molecule has 15 heavy (non-hydrogen) atoms. The van der Waals surface area contributed by atoms with E-state index < -0.39 is 29.9 Å². The third kappa shape index (κ3) is 1.92. The highest BCUT2D eigenvalue weighted by Crippen LogP contribution is 2.29. The van der Waals surface area contributed by atoms with Crippen molar-refractivity contribution in [1.82, 2.24) is 0 Å². The normalized spacial score (nSPS) is 28.9. The maximum Gasteiger partial charge on any atom is 0.377 e. The number of aliphatic carboxylic acids is 2. The Morgan fingerprint density at radius 2 is 1.87 bits per heavy atom. The molecule has 0 bridgehead atoms. The summed E-state index contributed by atoms with van der Waals surface area (Å²) in [7, 11) is 0. The molecule has 3 N–H and O–H groups in total. The molecule has 8 heteroatoms. The minimum absolute atomic E-state index is 0.372. The SMILES string of the molecule is CC1OC(C(=O)O)(C(=O)O)OC1COO. The van der Waals surface area contributed by atoms with E-state index in [0.29, 0.717) is 0 Å². The molecule has 1 aliphatic heterocycles. The molecule has 0 aliphatic carbocycles. The van der Waals surface area contributed by atoms with Crippen molar-refractivity contribution in [2.24, 2.45) is 0 Å². The Bertz CT molecular complexity index is 260. The molecule has 0 spiro atoms. The maximum atomic E-state index is 10.7. The molecule has 0 aromatic heterocycles. The molecule has 1 rings (SSSR count). The zero-order valence-corrected chi connectivity index (χ0v) is 7.74. The maximum absolute atomic E-state index is 10.7. The highest BCUT2D eigenvalue weighted by atomic mass is 17.1. The second-order valence-electron chi connectivity index (χ2n) is 3.00. The van der Waals surface area contributed by atoms with Crippen LogP contribution in [0.3, 0.4) is 0 Å². The van der Waals surface area contributed by atoms with Gasteiger partial charge in [-0.1, -0.05) is 0 Å². The first-order valence-electron chi connectivity index (χ1n) is 4.03. The number of rotatable bonds is 4. The van der Waals surface area contributed by atoms with E-state index >= 15 is 0 Å². The highest BCUT2D eigenvalue weighted by molar-refractivity contribution is 6.00. The van der Waals surface area contributed by atoms with Crippen LogP contribution in [0.2, 0.25) is 0 Å². The van der Waals surface area contributed by atoms with Gasteiger partial charge < -0.3 is 19.7 Å². The summed E-state index contributed by atoms with van der Waals surface area (Å²) in [6, 6.07) is 0. The molecule has 0 aromatic carbocycles. The van der Waals surface area contributed by atoms with Crippen molar-refractivity contribution >= 4 is 11.9 Å². The second-order valence-corrected chi connectivity index (χ2v) is 3.00. The molecule has 8 nitrogen and oxygen atoms in total. The van der Waals surface area contributed by atoms with Crippen molar-refractivity contribution in [3.8, 4) is 0 Å². The summed E-state index contributed by atoms with van der Waals surface area (Å²) < 4.78 is 9.44. The zero-order chi connectivity index (χ0) is 11.6. The molecule has 2 atom stereocenters. The van der Waals surface area contributed by atoms with Gasteiger partial charge in [0, 0.05) is 0 Å². The topological polar surface area (TPSA) is 123 Å². The number of ether oxygens (including phenoxy) is 2. The van der Waals surface area contributed by atoms with E-state index in [0.717, 1.165) is 0 Å². The minimum Gasteiger partial charge on any atom is -0.477 e. The molecule has 86 valence electrons. The lowest BCUT2D eigenvalue weighted by Crippen LogP contribution is -2.48. The Labute approximate surface area is 83.9 Å². The van der Waals surface area contributed by atoms with Gasteiger partial charge in [0.15, 0.2) is 0 Å². The fourth-order valence-electron chi connectivity index (χ4n) is 1.21. The highest BCUT2D eigenvalue weighted by Gasteiger charge is 2.58. The average molecular weight is 222 g/mol. The van der Waals surface area contributed by atoms with Crippen LogP contribution < -0.4 is 0 Å². The third-order valence-corrected chi connectivity index (χ3v) is 1.99. The lowest BCUT2D eigenvalue weighted by atomic mass is 10.2. The van der Waals surface area contributed by atoms with Crippen LogP contribution in [0.15, 0.2) is 0 Å². The Kier molecular flexibility index (Phi) is 3.25. The molecule has 0 saturated carbocycles. The Balaban J connectivity index is 2.88. The van der Waals surface area contributed by atoms with Crippen LogP contribution in [0.5, 0.6) is 0 Å². The first-order chi connectivity index (χ1) is 6.94. The van der Waals surface area contributed by atoms with E-state index in [9.17, 15) is 9.59 Å². The molecule has 1 heterocycles. The molecular formula is C7H10O8. The van der Waals surface area contributed by atoms with Crippen LogP contribution in [0.1, 0.15) is 6.92 Å². The van der Waals surface area contributed by atoms with Crippen LogP contribution in [-0.2, 0) is 24.0 Å². The number of hydrogen-bond acceptors (Lipinski definition) is 6. The molecule has 0 radical (unpaired) electrons. The van der Waals surface area contributed by atoms with Gasteiger partial charge >= 0.3 is 17.7 Å². The molecule has 1 aliphatic rings. The van der Waals surface area contributed by atoms with Crippen LogP contribution in [-0.4, -0.2) is 52.0 Å². The standard InChI is InChI=1S/C7H10O8/c1-3-4(2-13-12)15-7(14-3,5(8)9)6(10)11/h3-4,12H,2H2,1H3,(H,8,9)(H,10,11). The fourth-order valence-corrected chi connectivity index (χ4v) is 1.21. The summed E-state index contributed by atoms with van der Waals surface area (Å²) in [5.74, 6) is -6.24. The predicted molar refractivity (Wildman–Crippen MR) is 42.0 cm³/mol. The third-order valence-electron chi connectivity index (χ3n) is 1.99. The van der Waals surface area contributed by atoms with E-state index in [4.69, 9.17) is 24.9 Å². The number of carbonyl (C=O) groups is 2. The summed E-state index contributed by atoms with van der Waals surface area (Å²) in [5.41, 5.74) is 0. The van der Waals surface area contributed by atoms with Gasteiger partial charge in [-0.15, -0.1) is 0 Å². The molecule has 0 amide bonds.